The Labute approximate surface area is 209 Å². The van der Waals surface area contributed by atoms with Crippen LogP contribution >= 0.6 is 0 Å². The molecule has 0 aliphatic carbocycles. The highest BCUT2D eigenvalue weighted by molar-refractivity contribution is 5.94. The van der Waals surface area contributed by atoms with Crippen LogP contribution in [0.4, 0.5) is 0 Å². The van der Waals surface area contributed by atoms with Crippen molar-refractivity contribution in [1.82, 2.24) is 25.9 Å². The molecular weight excluding hydrogens is 472 g/mol. The van der Waals surface area contributed by atoms with Crippen LogP contribution in [0.15, 0.2) is 17.5 Å². The Bertz CT molecular complexity index is 870. The van der Waals surface area contributed by atoms with E-state index in [1.165, 1.54) is 19.4 Å². The third-order valence-electron chi connectivity index (χ3n) is 5.17. The summed E-state index contributed by atoms with van der Waals surface area (Å²) in [7, 11) is 0. The van der Waals surface area contributed by atoms with E-state index >= 15 is 0 Å². The van der Waals surface area contributed by atoms with Gasteiger partial charge in [-0.3, -0.25) is 19.4 Å². The van der Waals surface area contributed by atoms with Gasteiger partial charge in [0.2, 0.25) is 17.7 Å². The van der Waals surface area contributed by atoms with Crippen LogP contribution in [0.3, 0.4) is 0 Å². The molecule has 0 saturated carbocycles. The largest absolute Gasteiger partial charge is 0.480 e. The monoisotopic (exact) mass is 510 g/mol. The van der Waals surface area contributed by atoms with Gasteiger partial charge in [0.05, 0.1) is 12.4 Å². The Hall–Kier alpha value is -3.72. The molecule has 15 nitrogen and oxygen atoms in total. The number of hydrogen-bond donors (Lipinski definition) is 9. The quantitative estimate of drug-likeness (QED) is 0.0582. The Balaban J connectivity index is 3.00. The van der Waals surface area contributed by atoms with E-state index in [9.17, 15) is 24.3 Å². The minimum Gasteiger partial charge on any atom is -0.480 e. The summed E-state index contributed by atoms with van der Waals surface area (Å²) in [4.78, 5) is 60.4. The maximum absolute atomic E-state index is 13.1. The summed E-state index contributed by atoms with van der Waals surface area (Å²) in [5.74, 6) is -3.22. The topological polar surface area (TPSA) is 270 Å². The normalized spacial score (nSPS) is 14.1. The SMILES string of the molecule is CC(N)C(=O)NC(CCCCN)C(=O)NC(CCCN=C(N)N)C(=O)NC(Cc1cnc[nH]1)C(=O)O. The molecule has 1 heterocycles. The lowest BCUT2D eigenvalue weighted by atomic mass is 10.0. The van der Waals surface area contributed by atoms with Crippen LogP contribution in [0.2, 0.25) is 0 Å². The molecule has 0 fully saturated rings. The molecule has 1 aromatic rings. The first-order valence-electron chi connectivity index (χ1n) is 11.7. The van der Waals surface area contributed by atoms with E-state index in [0.717, 1.165) is 0 Å². The van der Waals surface area contributed by atoms with Crippen LogP contribution in [0.1, 0.15) is 44.7 Å². The number of carbonyl (C=O) groups excluding carboxylic acids is 3. The van der Waals surface area contributed by atoms with Gasteiger partial charge in [-0.2, -0.15) is 0 Å². The number of amides is 3. The van der Waals surface area contributed by atoms with Crippen molar-refractivity contribution in [3.05, 3.63) is 18.2 Å². The van der Waals surface area contributed by atoms with E-state index in [2.05, 4.69) is 30.9 Å². The third-order valence-corrected chi connectivity index (χ3v) is 5.17. The molecule has 1 aromatic heterocycles. The van der Waals surface area contributed by atoms with Crippen molar-refractivity contribution in [2.45, 2.75) is 69.6 Å². The maximum atomic E-state index is 13.1. The first-order valence-corrected chi connectivity index (χ1v) is 11.7. The molecule has 0 spiro atoms. The number of carboxylic acid groups (broad SMARTS) is 1. The molecule has 3 amide bonds. The van der Waals surface area contributed by atoms with Gasteiger partial charge in [0.25, 0.3) is 0 Å². The average molecular weight is 511 g/mol. The summed E-state index contributed by atoms with van der Waals surface area (Å²) in [6.45, 7) is 2.09. The van der Waals surface area contributed by atoms with Gasteiger partial charge in [0.1, 0.15) is 18.1 Å². The Morgan fingerprint density at radius 2 is 1.58 bits per heavy atom. The number of hydrogen-bond acceptors (Lipinski definition) is 8. The van der Waals surface area contributed by atoms with Crippen molar-refractivity contribution in [3.63, 3.8) is 0 Å². The van der Waals surface area contributed by atoms with Crippen molar-refractivity contribution >= 4 is 29.7 Å². The predicted molar refractivity (Wildman–Crippen MR) is 132 cm³/mol. The van der Waals surface area contributed by atoms with E-state index in [0.29, 0.717) is 31.5 Å². The van der Waals surface area contributed by atoms with Crippen LogP contribution < -0.4 is 38.9 Å². The number of unbranched alkanes of at least 4 members (excludes halogenated alkanes) is 1. The number of aromatic nitrogens is 2. The number of nitrogens with two attached hydrogens (primary N) is 4. The summed E-state index contributed by atoms with van der Waals surface area (Å²) in [6, 6.07) is -4.18. The molecule has 13 N–H and O–H groups in total. The van der Waals surface area contributed by atoms with Crippen molar-refractivity contribution in [2.24, 2.45) is 27.9 Å². The molecule has 0 radical (unpaired) electrons. The fraction of sp³-hybridized carbons (Fsp3) is 0.619. The van der Waals surface area contributed by atoms with Crippen LogP contribution in [-0.4, -0.2) is 82.0 Å². The molecule has 0 bridgehead atoms. The van der Waals surface area contributed by atoms with Gasteiger partial charge in [-0.15, -0.1) is 0 Å². The molecule has 4 unspecified atom stereocenters. The summed E-state index contributed by atoms with van der Waals surface area (Å²) in [5.41, 5.74) is 22.3. The van der Waals surface area contributed by atoms with Crippen molar-refractivity contribution in [1.29, 1.82) is 0 Å². The highest BCUT2D eigenvalue weighted by Crippen LogP contribution is 2.06. The smallest absolute Gasteiger partial charge is 0.326 e. The minimum absolute atomic E-state index is 0.0398. The Kier molecular flexibility index (Phi) is 13.5. The van der Waals surface area contributed by atoms with E-state index in [1.807, 2.05) is 0 Å². The Morgan fingerprint density at radius 1 is 1.00 bits per heavy atom. The number of guanidine groups is 1. The van der Waals surface area contributed by atoms with Gasteiger partial charge in [-0.05, 0) is 45.6 Å². The fourth-order valence-corrected chi connectivity index (χ4v) is 3.20. The van der Waals surface area contributed by atoms with Gasteiger partial charge in [-0.25, -0.2) is 9.78 Å². The second-order valence-electron chi connectivity index (χ2n) is 8.32. The predicted octanol–water partition coefficient (Wildman–Crippen LogP) is -2.98. The number of carboxylic acids is 1. The molecule has 15 heteroatoms. The standard InChI is InChI=1S/C21H38N10O5/c1-12(23)17(32)29-14(5-2-3-7-22)18(33)30-15(6-4-8-27-21(24)25)19(34)31-16(20(35)36)9-13-10-26-11-28-13/h10-12,14-16H,2-9,22-23H2,1H3,(H,26,28)(H,29,32)(H,30,33)(H,31,34)(H,35,36)(H4,24,25,27). The number of aromatic amines is 1. The lowest BCUT2D eigenvalue weighted by Crippen LogP contribution is -2.57. The number of H-pyrrole nitrogens is 1. The lowest BCUT2D eigenvalue weighted by Gasteiger charge is -2.25. The number of nitrogens with one attached hydrogen (secondary N) is 4. The average Bonchev–Trinajstić information content (AvgIpc) is 3.32. The van der Waals surface area contributed by atoms with Crippen LogP contribution in [0.5, 0.6) is 0 Å². The number of rotatable bonds is 17. The zero-order chi connectivity index (χ0) is 27.1. The first-order chi connectivity index (χ1) is 17.0. The van der Waals surface area contributed by atoms with E-state index < -0.39 is 47.9 Å². The number of nitrogens with zero attached hydrogens (tertiary/aromatic N) is 2. The number of aliphatic imine (C=N–C) groups is 1. The molecule has 36 heavy (non-hydrogen) atoms. The van der Waals surface area contributed by atoms with Crippen LogP contribution in [0.25, 0.3) is 0 Å². The number of imidazole rings is 1. The molecule has 202 valence electrons. The van der Waals surface area contributed by atoms with Gasteiger partial charge >= 0.3 is 5.97 Å². The zero-order valence-corrected chi connectivity index (χ0v) is 20.4. The first kappa shape index (κ1) is 30.3. The van der Waals surface area contributed by atoms with Gasteiger partial charge in [0, 0.05) is 24.9 Å². The second-order valence-corrected chi connectivity index (χ2v) is 8.32. The molecule has 1 rings (SSSR count). The van der Waals surface area contributed by atoms with E-state index in [4.69, 9.17) is 22.9 Å². The zero-order valence-electron chi connectivity index (χ0n) is 20.4. The van der Waals surface area contributed by atoms with Crippen LogP contribution in [-0.2, 0) is 25.6 Å². The second kappa shape index (κ2) is 16.0. The lowest BCUT2D eigenvalue weighted by molar-refractivity contribution is -0.142. The molecule has 0 saturated heterocycles. The molecule has 0 aliphatic rings. The van der Waals surface area contributed by atoms with E-state index in [-0.39, 0.29) is 31.8 Å². The van der Waals surface area contributed by atoms with Crippen molar-refractivity contribution in [2.75, 3.05) is 13.1 Å². The van der Waals surface area contributed by atoms with E-state index in [1.54, 1.807) is 0 Å². The van der Waals surface area contributed by atoms with Crippen LogP contribution in [0, 0.1) is 0 Å². The minimum atomic E-state index is -1.27. The van der Waals surface area contributed by atoms with Gasteiger partial charge < -0.3 is 49.0 Å². The summed E-state index contributed by atoms with van der Waals surface area (Å²) >= 11 is 0. The van der Waals surface area contributed by atoms with Gasteiger partial charge in [0.15, 0.2) is 5.96 Å². The maximum Gasteiger partial charge on any atom is 0.326 e. The number of aliphatic carboxylic acids is 1. The highest BCUT2D eigenvalue weighted by atomic mass is 16.4. The van der Waals surface area contributed by atoms with Gasteiger partial charge in [-0.1, -0.05) is 0 Å². The molecular formula is C21H38N10O5. The Morgan fingerprint density at radius 3 is 2.08 bits per heavy atom. The van der Waals surface area contributed by atoms with Crippen molar-refractivity contribution in [3.8, 4) is 0 Å². The fourth-order valence-electron chi connectivity index (χ4n) is 3.20. The molecule has 0 aliphatic heterocycles. The van der Waals surface area contributed by atoms with Crippen molar-refractivity contribution < 1.29 is 24.3 Å². The summed E-state index contributed by atoms with van der Waals surface area (Å²) < 4.78 is 0. The molecule has 0 aromatic carbocycles. The summed E-state index contributed by atoms with van der Waals surface area (Å²) in [5, 5.41) is 17.2. The molecule has 4 atom stereocenters. The third kappa shape index (κ3) is 11.6. The highest BCUT2D eigenvalue weighted by Gasteiger charge is 2.30. The number of carbonyl (C=O) groups is 4. The summed E-state index contributed by atoms with van der Waals surface area (Å²) in [6.07, 6.45) is 4.70.